The largest absolute Gasteiger partial charge is 0.416 e. The van der Waals surface area contributed by atoms with Gasteiger partial charge in [0.25, 0.3) is 0 Å². The van der Waals surface area contributed by atoms with Gasteiger partial charge in [0.05, 0.1) is 5.56 Å². The molecule has 0 saturated carbocycles. The van der Waals surface area contributed by atoms with Crippen molar-refractivity contribution < 1.29 is 18.0 Å². The molecule has 0 unspecified atom stereocenters. The SMILES string of the molecule is O=CCC1=Cc2ccc(C(F)(F)F)cc2CC1. The van der Waals surface area contributed by atoms with Crippen LogP contribution in [0.15, 0.2) is 23.8 Å². The second kappa shape index (κ2) is 4.35. The fourth-order valence-corrected chi connectivity index (χ4v) is 1.99. The number of carbonyl (C=O) groups is 1. The van der Waals surface area contributed by atoms with Crippen molar-refractivity contribution in [2.75, 3.05) is 0 Å². The lowest BCUT2D eigenvalue weighted by molar-refractivity contribution is -0.137. The summed E-state index contributed by atoms with van der Waals surface area (Å²) < 4.78 is 37.5. The van der Waals surface area contributed by atoms with Crippen molar-refractivity contribution in [1.29, 1.82) is 0 Å². The van der Waals surface area contributed by atoms with Crippen molar-refractivity contribution in [2.45, 2.75) is 25.4 Å². The quantitative estimate of drug-likeness (QED) is 0.721. The third kappa shape index (κ3) is 2.57. The zero-order chi connectivity index (χ0) is 12.5. The fourth-order valence-electron chi connectivity index (χ4n) is 1.99. The van der Waals surface area contributed by atoms with E-state index in [9.17, 15) is 18.0 Å². The van der Waals surface area contributed by atoms with Gasteiger partial charge in [0, 0.05) is 6.42 Å². The summed E-state index contributed by atoms with van der Waals surface area (Å²) in [5.74, 6) is 0. The van der Waals surface area contributed by atoms with Crippen LogP contribution in [-0.4, -0.2) is 6.29 Å². The van der Waals surface area contributed by atoms with Gasteiger partial charge >= 0.3 is 6.18 Å². The molecule has 1 aliphatic rings. The van der Waals surface area contributed by atoms with Gasteiger partial charge in [-0.2, -0.15) is 13.2 Å². The van der Waals surface area contributed by atoms with E-state index in [2.05, 4.69) is 0 Å². The van der Waals surface area contributed by atoms with Crippen LogP contribution >= 0.6 is 0 Å². The molecule has 0 aromatic heterocycles. The number of allylic oxidation sites excluding steroid dienone is 1. The summed E-state index contributed by atoms with van der Waals surface area (Å²) >= 11 is 0. The lowest BCUT2D eigenvalue weighted by Crippen LogP contribution is -2.08. The van der Waals surface area contributed by atoms with Crippen LogP contribution in [-0.2, 0) is 17.4 Å². The Kier molecular flexibility index (Phi) is 3.05. The standard InChI is InChI=1S/C13H11F3O/c14-13(15,16)12-4-3-10-7-9(5-6-17)1-2-11(10)8-12/h3-4,6-8H,1-2,5H2. The van der Waals surface area contributed by atoms with Crippen LogP contribution in [0.4, 0.5) is 13.2 Å². The van der Waals surface area contributed by atoms with Crippen molar-refractivity contribution in [3.8, 4) is 0 Å². The normalized spacial score (nSPS) is 15.1. The Labute approximate surface area is 96.9 Å². The third-order valence-electron chi connectivity index (χ3n) is 2.89. The number of fused-ring (bicyclic) bond motifs is 1. The zero-order valence-corrected chi connectivity index (χ0v) is 9.05. The van der Waals surface area contributed by atoms with Crippen LogP contribution in [0.3, 0.4) is 0 Å². The first-order valence-corrected chi connectivity index (χ1v) is 5.34. The summed E-state index contributed by atoms with van der Waals surface area (Å²) in [5, 5.41) is 0. The van der Waals surface area contributed by atoms with Crippen molar-refractivity contribution in [2.24, 2.45) is 0 Å². The third-order valence-corrected chi connectivity index (χ3v) is 2.89. The number of hydrogen-bond acceptors (Lipinski definition) is 1. The molecule has 1 aromatic carbocycles. The highest BCUT2D eigenvalue weighted by Crippen LogP contribution is 2.33. The zero-order valence-electron chi connectivity index (χ0n) is 9.05. The average molecular weight is 240 g/mol. The monoisotopic (exact) mass is 240 g/mol. The molecule has 0 aliphatic heterocycles. The molecule has 17 heavy (non-hydrogen) atoms. The number of aldehydes is 1. The molecule has 0 amide bonds. The first kappa shape index (κ1) is 11.9. The second-order valence-electron chi connectivity index (χ2n) is 4.08. The van der Waals surface area contributed by atoms with Crippen LogP contribution < -0.4 is 0 Å². The van der Waals surface area contributed by atoms with Crippen LogP contribution in [0.2, 0.25) is 0 Å². The topological polar surface area (TPSA) is 17.1 Å². The van der Waals surface area contributed by atoms with E-state index in [1.165, 1.54) is 12.1 Å². The summed E-state index contributed by atoms with van der Waals surface area (Å²) in [5.41, 5.74) is 1.87. The van der Waals surface area contributed by atoms with Gasteiger partial charge in [0.15, 0.2) is 0 Å². The Hall–Kier alpha value is -1.58. The molecule has 1 aromatic rings. The summed E-state index contributed by atoms with van der Waals surface area (Å²) in [6.07, 6.45) is -0.0669. The molecule has 0 saturated heterocycles. The van der Waals surface area contributed by atoms with Crippen molar-refractivity contribution >= 4 is 12.4 Å². The first-order valence-electron chi connectivity index (χ1n) is 5.34. The van der Waals surface area contributed by atoms with Crippen molar-refractivity contribution in [3.63, 3.8) is 0 Å². The molecular weight excluding hydrogens is 229 g/mol. The molecule has 0 spiro atoms. The summed E-state index contributed by atoms with van der Waals surface area (Å²) in [4.78, 5) is 10.4. The number of alkyl halides is 3. The molecule has 1 aliphatic carbocycles. The molecule has 2 rings (SSSR count). The van der Waals surface area contributed by atoms with E-state index in [0.717, 1.165) is 23.5 Å². The number of hydrogen-bond donors (Lipinski definition) is 0. The minimum Gasteiger partial charge on any atom is -0.303 e. The van der Waals surface area contributed by atoms with Crippen molar-refractivity contribution in [3.05, 3.63) is 40.5 Å². The van der Waals surface area contributed by atoms with Gasteiger partial charge in [0.1, 0.15) is 6.29 Å². The van der Waals surface area contributed by atoms with Gasteiger partial charge in [-0.25, -0.2) is 0 Å². The van der Waals surface area contributed by atoms with E-state index in [1.54, 1.807) is 0 Å². The molecule has 4 heteroatoms. The van der Waals surface area contributed by atoms with Crippen LogP contribution in [0.1, 0.15) is 29.5 Å². The Balaban J connectivity index is 2.35. The minimum atomic E-state index is -4.29. The Morgan fingerprint density at radius 1 is 1.24 bits per heavy atom. The van der Waals surface area contributed by atoms with Gasteiger partial charge in [0.2, 0.25) is 0 Å². The molecule has 1 nitrogen and oxygen atoms in total. The molecule has 0 heterocycles. The lowest BCUT2D eigenvalue weighted by atomic mass is 9.90. The van der Waals surface area contributed by atoms with Crippen LogP contribution in [0.25, 0.3) is 6.08 Å². The van der Waals surface area contributed by atoms with E-state index in [-0.39, 0.29) is 0 Å². The second-order valence-corrected chi connectivity index (χ2v) is 4.08. The number of aryl methyl sites for hydroxylation is 1. The first-order chi connectivity index (χ1) is 8.00. The maximum absolute atomic E-state index is 12.5. The summed E-state index contributed by atoms with van der Waals surface area (Å²) in [7, 11) is 0. The molecule has 0 radical (unpaired) electrons. The Morgan fingerprint density at radius 2 is 2.00 bits per heavy atom. The van der Waals surface area contributed by atoms with E-state index in [4.69, 9.17) is 0 Å². The number of rotatable bonds is 2. The maximum Gasteiger partial charge on any atom is 0.416 e. The van der Waals surface area contributed by atoms with E-state index >= 15 is 0 Å². The molecule has 0 fully saturated rings. The molecular formula is C13H11F3O. The van der Waals surface area contributed by atoms with Crippen LogP contribution in [0.5, 0.6) is 0 Å². The highest BCUT2D eigenvalue weighted by molar-refractivity contribution is 5.65. The minimum absolute atomic E-state index is 0.362. The Bertz CT molecular complexity index is 472. The predicted octanol–water partition coefficient (Wildman–Crippen LogP) is 3.62. The summed E-state index contributed by atoms with van der Waals surface area (Å²) in [6.45, 7) is 0. The van der Waals surface area contributed by atoms with Crippen LogP contribution in [0, 0.1) is 0 Å². The fraction of sp³-hybridized carbons (Fsp3) is 0.308. The van der Waals surface area contributed by atoms with E-state index in [0.29, 0.717) is 24.8 Å². The lowest BCUT2D eigenvalue weighted by Gasteiger charge is -2.17. The Morgan fingerprint density at radius 3 is 2.65 bits per heavy atom. The number of carbonyl (C=O) groups excluding carboxylic acids is 1. The van der Waals surface area contributed by atoms with E-state index < -0.39 is 11.7 Å². The molecule has 0 bridgehead atoms. The van der Waals surface area contributed by atoms with E-state index in [1.807, 2.05) is 6.08 Å². The number of benzene rings is 1. The molecule has 0 atom stereocenters. The van der Waals surface area contributed by atoms with Gasteiger partial charge < -0.3 is 4.79 Å². The highest BCUT2D eigenvalue weighted by atomic mass is 19.4. The average Bonchev–Trinajstić information content (AvgIpc) is 2.27. The van der Waals surface area contributed by atoms with Crippen molar-refractivity contribution in [1.82, 2.24) is 0 Å². The maximum atomic E-state index is 12.5. The number of halogens is 3. The van der Waals surface area contributed by atoms with Gasteiger partial charge in [-0.05, 0) is 36.1 Å². The highest BCUT2D eigenvalue weighted by Gasteiger charge is 2.31. The molecule has 0 N–H and O–H groups in total. The van der Waals surface area contributed by atoms with Gasteiger partial charge in [-0.15, -0.1) is 0 Å². The van der Waals surface area contributed by atoms with Gasteiger partial charge in [-0.3, -0.25) is 0 Å². The van der Waals surface area contributed by atoms with Gasteiger partial charge in [-0.1, -0.05) is 17.7 Å². The summed E-state index contributed by atoms with van der Waals surface area (Å²) in [6, 6.07) is 3.75. The smallest absolute Gasteiger partial charge is 0.303 e. The predicted molar refractivity (Wildman–Crippen MR) is 58.4 cm³/mol. The molecule has 90 valence electrons.